The van der Waals surface area contributed by atoms with Crippen LogP contribution in [-0.2, 0) is 0 Å². The van der Waals surface area contributed by atoms with Gasteiger partial charge in [0.05, 0.1) is 22.8 Å². The molecule has 0 radical (unpaired) electrons. The highest BCUT2D eigenvalue weighted by atomic mass is 35.5. The number of nitrogens with zero attached hydrogens (tertiary/aromatic N) is 4. The normalized spacial score (nSPS) is 11.1. The summed E-state index contributed by atoms with van der Waals surface area (Å²) in [5, 5.41) is 15.3. The van der Waals surface area contributed by atoms with E-state index in [1.807, 2.05) is 0 Å². The van der Waals surface area contributed by atoms with Crippen molar-refractivity contribution in [3.05, 3.63) is 64.3 Å². The number of carboxylic acid groups (broad SMARTS) is 1. The summed E-state index contributed by atoms with van der Waals surface area (Å²) in [6.07, 6.45) is 1.57. The minimum atomic E-state index is -1.01. The van der Waals surface area contributed by atoms with Gasteiger partial charge in [-0.3, -0.25) is 0 Å². The molecule has 10 heteroatoms. The summed E-state index contributed by atoms with van der Waals surface area (Å²) in [5.41, 5.74) is 7.38. The van der Waals surface area contributed by atoms with E-state index in [0.717, 1.165) is 0 Å². The largest absolute Gasteiger partial charge is 0.478 e. The molecule has 2 aromatic heterocycles. The highest BCUT2D eigenvalue weighted by Gasteiger charge is 2.14. The molecule has 4 rings (SSSR count). The molecule has 0 atom stereocenters. The first-order valence-corrected chi connectivity index (χ1v) is 9.47. The second-order valence-electron chi connectivity index (χ2n) is 5.75. The predicted molar refractivity (Wildman–Crippen MR) is 109 cm³/mol. The van der Waals surface area contributed by atoms with Gasteiger partial charge in [-0.2, -0.15) is 5.10 Å². The number of anilines is 1. The van der Waals surface area contributed by atoms with Crippen molar-refractivity contribution in [2.75, 3.05) is 5.73 Å². The zero-order valence-corrected chi connectivity index (χ0v) is 16.3. The topological polar surface area (TPSA) is 107 Å². The number of benzene rings is 2. The number of rotatable bonds is 4. The molecule has 7 nitrogen and oxygen atoms in total. The maximum absolute atomic E-state index is 11.2. The summed E-state index contributed by atoms with van der Waals surface area (Å²) >= 11 is 13.4. The summed E-state index contributed by atoms with van der Waals surface area (Å²) in [5.74, 6) is -0.740. The molecule has 0 spiro atoms. The molecule has 0 unspecified atom stereocenters. The summed E-state index contributed by atoms with van der Waals surface area (Å²) in [4.78, 5) is 20.7. The SMILES string of the molecule is Nc1nc(Sc2cccc(C(=O)O)c2)nc2c1cnn2-c1cc(Cl)cc(Cl)c1. The Morgan fingerprint density at radius 3 is 2.57 bits per heavy atom. The fraction of sp³-hybridized carbons (Fsp3) is 0. The van der Waals surface area contributed by atoms with Crippen LogP contribution in [0.3, 0.4) is 0 Å². The zero-order valence-electron chi connectivity index (χ0n) is 14.0. The molecule has 0 fully saturated rings. The van der Waals surface area contributed by atoms with Crippen molar-refractivity contribution in [3.8, 4) is 5.69 Å². The summed E-state index contributed by atoms with van der Waals surface area (Å²) < 4.78 is 1.57. The van der Waals surface area contributed by atoms with Gasteiger partial charge in [0, 0.05) is 14.9 Å². The van der Waals surface area contributed by atoms with Gasteiger partial charge in [-0.1, -0.05) is 29.3 Å². The van der Waals surface area contributed by atoms with Gasteiger partial charge in [-0.05, 0) is 48.2 Å². The van der Waals surface area contributed by atoms with Gasteiger partial charge >= 0.3 is 5.97 Å². The Morgan fingerprint density at radius 2 is 1.86 bits per heavy atom. The van der Waals surface area contributed by atoms with Crippen molar-refractivity contribution in [1.82, 2.24) is 19.7 Å². The van der Waals surface area contributed by atoms with Crippen LogP contribution in [-0.4, -0.2) is 30.8 Å². The van der Waals surface area contributed by atoms with Gasteiger partial charge in [-0.25, -0.2) is 19.4 Å². The Morgan fingerprint density at radius 1 is 1.11 bits per heavy atom. The van der Waals surface area contributed by atoms with Crippen LogP contribution in [0.2, 0.25) is 10.0 Å². The number of nitrogens with two attached hydrogens (primary N) is 1. The highest BCUT2D eigenvalue weighted by Crippen LogP contribution is 2.30. The Labute approximate surface area is 173 Å². The van der Waals surface area contributed by atoms with Crippen LogP contribution in [0.5, 0.6) is 0 Å². The molecule has 4 aromatic rings. The third kappa shape index (κ3) is 3.62. The molecule has 0 amide bonds. The molecule has 0 aliphatic heterocycles. The lowest BCUT2D eigenvalue weighted by atomic mass is 10.2. The monoisotopic (exact) mass is 431 g/mol. The van der Waals surface area contributed by atoms with Crippen molar-refractivity contribution in [2.24, 2.45) is 0 Å². The standard InChI is InChI=1S/C18H11Cl2N5O2S/c19-10-5-11(20)7-12(6-10)25-16-14(8-22-25)15(21)23-18(24-16)28-13-3-1-2-9(4-13)17(26)27/h1-8H,(H,26,27)(H2,21,23,24). The summed E-state index contributed by atoms with van der Waals surface area (Å²) in [6.45, 7) is 0. The molecular weight excluding hydrogens is 421 g/mol. The first-order valence-electron chi connectivity index (χ1n) is 7.89. The fourth-order valence-electron chi connectivity index (χ4n) is 2.60. The van der Waals surface area contributed by atoms with Crippen molar-refractivity contribution in [2.45, 2.75) is 10.1 Å². The van der Waals surface area contributed by atoms with Gasteiger partial charge in [-0.15, -0.1) is 0 Å². The molecule has 140 valence electrons. The number of nitrogen functional groups attached to an aromatic ring is 1. The van der Waals surface area contributed by atoms with Gasteiger partial charge in [0.1, 0.15) is 5.82 Å². The number of aromatic nitrogens is 4. The lowest BCUT2D eigenvalue weighted by Gasteiger charge is -2.07. The molecule has 0 saturated heterocycles. The van der Waals surface area contributed by atoms with E-state index in [9.17, 15) is 4.79 Å². The van der Waals surface area contributed by atoms with Crippen LogP contribution in [0.15, 0.2) is 58.7 Å². The molecule has 3 N–H and O–H groups in total. The lowest BCUT2D eigenvalue weighted by Crippen LogP contribution is -2.01. The van der Waals surface area contributed by atoms with E-state index in [4.69, 9.17) is 34.0 Å². The van der Waals surface area contributed by atoms with Gasteiger partial charge in [0.2, 0.25) is 0 Å². The maximum Gasteiger partial charge on any atom is 0.335 e. The van der Waals surface area contributed by atoms with Crippen molar-refractivity contribution in [3.63, 3.8) is 0 Å². The molecule has 28 heavy (non-hydrogen) atoms. The first-order chi connectivity index (χ1) is 13.4. The Hall–Kier alpha value is -2.81. The fourth-order valence-corrected chi connectivity index (χ4v) is 3.94. The lowest BCUT2D eigenvalue weighted by molar-refractivity contribution is 0.0696. The van der Waals surface area contributed by atoms with Crippen LogP contribution in [0.25, 0.3) is 16.7 Å². The number of hydrogen-bond acceptors (Lipinski definition) is 6. The predicted octanol–water partition coefficient (Wildman–Crippen LogP) is 4.55. The van der Waals surface area contributed by atoms with Gasteiger partial charge in [0.15, 0.2) is 10.8 Å². The first kappa shape index (κ1) is 18.5. The number of hydrogen-bond donors (Lipinski definition) is 2. The van der Waals surface area contributed by atoms with E-state index in [1.54, 1.807) is 47.3 Å². The van der Waals surface area contributed by atoms with Crippen LogP contribution in [0, 0.1) is 0 Å². The average Bonchev–Trinajstić information content (AvgIpc) is 3.05. The van der Waals surface area contributed by atoms with Gasteiger partial charge in [0.25, 0.3) is 0 Å². The van der Waals surface area contributed by atoms with Crippen molar-refractivity contribution < 1.29 is 9.90 Å². The quantitative estimate of drug-likeness (QED) is 0.456. The maximum atomic E-state index is 11.2. The van der Waals surface area contributed by atoms with E-state index in [0.29, 0.717) is 36.8 Å². The number of carbonyl (C=O) groups is 1. The van der Waals surface area contributed by atoms with Crippen LogP contribution >= 0.6 is 35.0 Å². The minimum absolute atomic E-state index is 0.178. The Kier molecular flexibility index (Phi) is 4.84. The third-order valence-electron chi connectivity index (χ3n) is 3.82. The van der Waals surface area contributed by atoms with Crippen molar-refractivity contribution >= 4 is 57.8 Å². The average molecular weight is 432 g/mol. The minimum Gasteiger partial charge on any atom is -0.478 e. The second-order valence-corrected chi connectivity index (χ2v) is 7.66. The van der Waals surface area contributed by atoms with Gasteiger partial charge < -0.3 is 10.8 Å². The van der Waals surface area contributed by atoms with Crippen LogP contribution < -0.4 is 5.73 Å². The molecule has 0 saturated carbocycles. The van der Waals surface area contributed by atoms with E-state index >= 15 is 0 Å². The second kappa shape index (κ2) is 7.31. The van der Waals surface area contributed by atoms with E-state index in [2.05, 4.69) is 15.1 Å². The molecule has 0 bridgehead atoms. The van der Waals surface area contributed by atoms with E-state index < -0.39 is 5.97 Å². The van der Waals surface area contributed by atoms with E-state index in [1.165, 1.54) is 17.8 Å². The molecule has 2 aromatic carbocycles. The number of fused-ring (bicyclic) bond motifs is 1. The smallest absolute Gasteiger partial charge is 0.335 e. The zero-order chi connectivity index (χ0) is 19.8. The molecule has 0 aliphatic carbocycles. The van der Waals surface area contributed by atoms with Crippen LogP contribution in [0.1, 0.15) is 10.4 Å². The number of aromatic carboxylic acids is 1. The summed E-state index contributed by atoms with van der Waals surface area (Å²) in [7, 11) is 0. The number of carboxylic acids is 1. The number of halogens is 2. The third-order valence-corrected chi connectivity index (χ3v) is 5.11. The Bertz CT molecular complexity index is 1210. The van der Waals surface area contributed by atoms with E-state index in [-0.39, 0.29) is 11.4 Å². The molecule has 2 heterocycles. The van der Waals surface area contributed by atoms with Crippen LogP contribution in [0.4, 0.5) is 5.82 Å². The summed E-state index contributed by atoms with van der Waals surface area (Å²) in [6, 6.07) is 11.5. The molecule has 0 aliphatic rings. The molecular formula is C18H11Cl2N5O2S. The highest BCUT2D eigenvalue weighted by molar-refractivity contribution is 7.99. The Balaban J connectivity index is 1.79. The van der Waals surface area contributed by atoms with Crippen molar-refractivity contribution in [1.29, 1.82) is 0 Å².